The Bertz CT molecular complexity index is 224. The molecule has 0 aromatic rings. The van der Waals surface area contributed by atoms with Gasteiger partial charge in [-0.05, 0) is 27.7 Å². The predicted molar refractivity (Wildman–Crippen MR) is 63.7 cm³/mol. The molecule has 2 nitrogen and oxygen atoms in total. The predicted octanol–water partition coefficient (Wildman–Crippen LogP) is 2.21. The summed E-state index contributed by atoms with van der Waals surface area (Å²) in [6.45, 7) is 13.0. The van der Waals surface area contributed by atoms with Crippen LogP contribution in [0.25, 0.3) is 0 Å². The second-order valence-corrected chi connectivity index (χ2v) is 4.16. The molecule has 0 saturated carbocycles. The topological polar surface area (TPSA) is 6.02 Å². The summed E-state index contributed by atoms with van der Waals surface area (Å²) in [5.74, 6) is 0.674. The molecule has 1 atom stereocenters. The Morgan fingerprint density at radius 1 is 1.00 bits per heavy atom. The van der Waals surface area contributed by atoms with Gasteiger partial charge in [0.2, 0.25) is 12.4 Å². The quantitative estimate of drug-likeness (QED) is 0.600. The Morgan fingerprint density at radius 3 is 1.79 bits per heavy atom. The lowest BCUT2D eigenvalue weighted by atomic mass is 10.1. The standard InChI is InChI=1S/C10H20N2.C2H6/c1-8(2)10-11(5)6-7-12(10)9(3)4;1-2/h6-10H,1-5H3;1-2H3/q+2;. The average molecular weight is 198 g/mol. The van der Waals surface area contributed by atoms with Crippen LogP contribution < -0.4 is 0 Å². The third-order valence-electron chi connectivity index (χ3n) is 2.39. The molecule has 0 saturated heterocycles. The fourth-order valence-corrected chi connectivity index (χ4v) is 1.86. The van der Waals surface area contributed by atoms with Crippen molar-refractivity contribution in [3.05, 3.63) is 0 Å². The first-order valence-electron chi connectivity index (χ1n) is 5.71. The highest BCUT2D eigenvalue weighted by Crippen LogP contribution is 2.11. The molecule has 0 bridgehead atoms. The highest BCUT2D eigenvalue weighted by Gasteiger charge is 2.37. The fourth-order valence-electron chi connectivity index (χ4n) is 1.86. The van der Waals surface area contributed by atoms with E-state index >= 15 is 0 Å². The molecule has 0 N–H and O–H groups in total. The second-order valence-electron chi connectivity index (χ2n) is 4.16. The molecule has 1 rings (SSSR count). The second kappa shape index (κ2) is 5.94. The Hall–Kier alpha value is -0.660. The van der Waals surface area contributed by atoms with Gasteiger partial charge in [-0.25, -0.2) is 0 Å². The molecular weight excluding hydrogens is 172 g/mol. The maximum atomic E-state index is 2.41. The number of hydrogen-bond donors (Lipinski definition) is 0. The third kappa shape index (κ3) is 2.93. The maximum Gasteiger partial charge on any atom is 0.345 e. The molecule has 0 amide bonds. The zero-order valence-electron chi connectivity index (χ0n) is 10.8. The van der Waals surface area contributed by atoms with Crippen molar-refractivity contribution in [1.82, 2.24) is 0 Å². The molecule has 0 fully saturated rings. The molecule has 2 heteroatoms. The molecule has 0 aliphatic carbocycles. The largest absolute Gasteiger partial charge is 0.345 e. The summed E-state index contributed by atoms with van der Waals surface area (Å²) >= 11 is 0. The Morgan fingerprint density at radius 2 is 1.50 bits per heavy atom. The van der Waals surface area contributed by atoms with Gasteiger partial charge < -0.3 is 0 Å². The zero-order chi connectivity index (χ0) is 11.3. The van der Waals surface area contributed by atoms with Crippen LogP contribution in [-0.4, -0.2) is 40.8 Å². The summed E-state index contributed by atoms with van der Waals surface area (Å²) in [6, 6.07) is 0.596. The van der Waals surface area contributed by atoms with Crippen molar-refractivity contribution in [2.45, 2.75) is 53.8 Å². The van der Waals surface area contributed by atoms with Gasteiger partial charge >= 0.3 is 6.17 Å². The van der Waals surface area contributed by atoms with Gasteiger partial charge in [-0.3, -0.25) is 0 Å². The fraction of sp³-hybridized carbons (Fsp3) is 0.833. The van der Waals surface area contributed by atoms with E-state index < -0.39 is 0 Å². The van der Waals surface area contributed by atoms with Gasteiger partial charge in [0.05, 0.1) is 5.92 Å². The van der Waals surface area contributed by atoms with E-state index in [0.29, 0.717) is 18.1 Å². The van der Waals surface area contributed by atoms with Crippen LogP contribution in [0, 0.1) is 5.92 Å². The first-order chi connectivity index (χ1) is 6.54. The van der Waals surface area contributed by atoms with Crippen molar-refractivity contribution in [2.75, 3.05) is 7.05 Å². The summed E-state index contributed by atoms with van der Waals surface area (Å²) in [5, 5.41) is 0. The number of rotatable bonds is 2. The van der Waals surface area contributed by atoms with Gasteiger partial charge in [-0.2, -0.15) is 9.15 Å². The van der Waals surface area contributed by atoms with Crippen molar-refractivity contribution >= 4 is 12.4 Å². The van der Waals surface area contributed by atoms with Crippen molar-refractivity contribution < 1.29 is 9.15 Å². The van der Waals surface area contributed by atoms with Gasteiger partial charge in [0.1, 0.15) is 7.05 Å². The van der Waals surface area contributed by atoms with Crippen molar-refractivity contribution in [1.29, 1.82) is 0 Å². The molecule has 1 aliphatic heterocycles. The van der Waals surface area contributed by atoms with Crippen LogP contribution in [-0.2, 0) is 0 Å². The maximum absolute atomic E-state index is 2.41. The minimum Gasteiger partial charge on any atom is -0.173 e. The Balaban J connectivity index is 0.000000791. The van der Waals surface area contributed by atoms with E-state index in [9.17, 15) is 0 Å². The zero-order valence-corrected chi connectivity index (χ0v) is 10.8. The van der Waals surface area contributed by atoms with Crippen molar-refractivity contribution in [3.8, 4) is 0 Å². The first kappa shape index (κ1) is 13.3. The van der Waals surface area contributed by atoms with Gasteiger partial charge in [0.15, 0.2) is 6.04 Å². The van der Waals surface area contributed by atoms with E-state index in [0.717, 1.165) is 0 Å². The summed E-state index contributed by atoms with van der Waals surface area (Å²) in [6.07, 6.45) is 4.89. The minimum atomic E-state index is 0.546. The molecule has 0 radical (unpaired) electrons. The van der Waals surface area contributed by atoms with E-state index in [1.807, 2.05) is 13.8 Å². The van der Waals surface area contributed by atoms with E-state index in [2.05, 4.69) is 56.3 Å². The van der Waals surface area contributed by atoms with Crippen LogP contribution in [0.3, 0.4) is 0 Å². The normalized spacial score (nSPS) is 20.5. The van der Waals surface area contributed by atoms with E-state index in [-0.39, 0.29) is 0 Å². The molecule has 1 aliphatic rings. The first-order valence-corrected chi connectivity index (χ1v) is 5.71. The van der Waals surface area contributed by atoms with E-state index in [1.165, 1.54) is 0 Å². The average Bonchev–Trinajstić information content (AvgIpc) is 2.50. The molecule has 0 spiro atoms. The minimum absolute atomic E-state index is 0.546. The lowest BCUT2D eigenvalue weighted by Gasteiger charge is -2.13. The van der Waals surface area contributed by atoms with E-state index in [1.54, 1.807) is 0 Å². The highest BCUT2D eigenvalue weighted by atomic mass is 15.3. The third-order valence-corrected chi connectivity index (χ3v) is 2.39. The molecule has 14 heavy (non-hydrogen) atoms. The van der Waals surface area contributed by atoms with Gasteiger partial charge in [0.25, 0.3) is 0 Å². The number of hydrogen-bond acceptors (Lipinski definition) is 0. The van der Waals surface area contributed by atoms with Gasteiger partial charge in [-0.1, -0.05) is 13.8 Å². The summed E-state index contributed by atoms with van der Waals surface area (Å²) < 4.78 is 4.69. The van der Waals surface area contributed by atoms with Crippen LogP contribution in [0.5, 0.6) is 0 Å². The Kier molecular flexibility index (Phi) is 5.66. The van der Waals surface area contributed by atoms with Crippen LogP contribution in [0.2, 0.25) is 0 Å². The molecule has 1 heterocycles. The van der Waals surface area contributed by atoms with Crippen molar-refractivity contribution in [3.63, 3.8) is 0 Å². The van der Waals surface area contributed by atoms with Crippen LogP contribution in [0.4, 0.5) is 0 Å². The summed E-state index contributed by atoms with van der Waals surface area (Å²) in [7, 11) is 2.14. The SMILES string of the molecule is CC.CC(C)C1[N+](C)=CC=[N+]1C(C)C. The highest BCUT2D eigenvalue weighted by molar-refractivity contribution is 6.11. The van der Waals surface area contributed by atoms with Gasteiger partial charge in [0, 0.05) is 0 Å². The molecule has 0 aromatic heterocycles. The summed E-state index contributed by atoms with van der Waals surface area (Å²) in [5.41, 5.74) is 0. The lowest BCUT2D eigenvalue weighted by Crippen LogP contribution is -2.39. The lowest BCUT2D eigenvalue weighted by molar-refractivity contribution is -0.770. The molecule has 82 valence electrons. The molecule has 1 unspecified atom stereocenters. The Labute approximate surface area is 89.0 Å². The van der Waals surface area contributed by atoms with Crippen molar-refractivity contribution in [2.24, 2.45) is 5.92 Å². The number of nitrogens with zero attached hydrogens (tertiary/aromatic N) is 2. The molecular formula is C12H26N2+2. The van der Waals surface area contributed by atoms with Crippen LogP contribution in [0.1, 0.15) is 41.5 Å². The smallest absolute Gasteiger partial charge is 0.173 e. The van der Waals surface area contributed by atoms with Crippen LogP contribution >= 0.6 is 0 Å². The summed E-state index contributed by atoms with van der Waals surface area (Å²) in [4.78, 5) is 0. The van der Waals surface area contributed by atoms with Crippen LogP contribution in [0.15, 0.2) is 0 Å². The van der Waals surface area contributed by atoms with Gasteiger partial charge in [-0.15, -0.1) is 0 Å². The monoisotopic (exact) mass is 198 g/mol. The molecule has 0 aromatic carbocycles. The van der Waals surface area contributed by atoms with E-state index in [4.69, 9.17) is 0 Å².